The van der Waals surface area contributed by atoms with Gasteiger partial charge in [0.1, 0.15) is 0 Å². The van der Waals surface area contributed by atoms with Crippen molar-refractivity contribution in [1.82, 2.24) is 0 Å². The topological polar surface area (TPSA) is 37.3 Å². The molecule has 1 unspecified atom stereocenters. The van der Waals surface area contributed by atoms with Crippen LogP contribution in [0.3, 0.4) is 0 Å². The Balaban J connectivity index is 3.08. The lowest BCUT2D eigenvalue weighted by molar-refractivity contribution is -0.137. The number of carboxylic acid groups (broad SMARTS) is 1. The third kappa shape index (κ3) is 7.66. The second kappa shape index (κ2) is 6.47. The fraction of sp³-hybridized carbons (Fsp3) is 0.875. The normalized spacial score (nSPS) is 12.9. The second-order valence-electron chi connectivity index (χ2n) is 2.65. The van der Waals surface area contributed by atoms with Crippen LogP contribution >= 0.6 is 11.6 Å². The van der Waals surface area contributed by atoms with Crippen LogP contribution in [-0.2, 0) is 4.79 Å². The van der Waals surface area contributed by atoms with Crippen LogP contribution in [0.15, 0.2) is 0 Å². The summed E-state index contributed by atoms with van der Waals surface area (Å²) in [6.07, 6.45) is 3.85. The van der Waals surface area contributed by atoms with Crippen molar-refractivity contribution < 1.29 is 9.90 Å². The molecule has 0 aromatic rings. The molecule has 0 aliphatic rings. The maximum atomic E-state index is 10.1. The summed E-state index contributed by atoms with van der Waals surface area (Å²) >= 11 is 5.83. The van der Waals surface area contributed by atoms with E-state index in [0.29, 0.717) is 0 Å². The number of halogens is 1. The SMILES string of the molecule is CCC(Cl)CCCCC(=O)O. The van der Waals surface area contributed by atoms with Gasteiger partial charge in [0.15, 0.2) is 0 Å². The van der Waals surface area contributed by atoms with Gasteiger partial charge in [-0.25, -0.2) is 0 Å². The van der Waals surface area contributed by atoms with Gasteiger partial charge in [-0.05, 0) is 19.3 Å². The molecule has 0 saturated heterocycles. The second-order valence-corrected chi connectivity index (χ2v) is 3.26. The lowest BCUT2D eigenvalue weighted by Gasteiger charge is -2.03. The van der Waals surface area contributed by atoms with E-state index < -0.39 is 5.97 Å². The highest BCUT2D eigenvalue weighted by Gasteiger charge is 2.01. The minimum absolute atomic E-state index is 0.226. The van der Waals surface area contributed by atoms with E-state index in [0.717, 1.165) is 25.7 Å². The van der Waals surface area contributed by atoms with E-state index in [1.54, 1.807) is 0 Å². The highest BCUT2D eigenvalue weighted by Crippen LogP contribution is 2.11. The number of aliphatic carboxylic acids is 1. The predicted octanol–water partition coefficient (Wildman–Crippen LogP) is 2.65. The molecule has 0 spiro atoms. The summed E-state index contributed by atoms with van der Waals surface area (Å²) in [5.74, 6) is -0.715. The summed E-state index contributed by atoms with van der Waals surface area (Å²) in [6, 6.07) is 0. The molecule has 0 aliphatic heterocycles. The van der Waals surface area contributed by atoms with Gasteiger partial charge >= 0.3 is 5.97 Å². The highest BCUT2D eigenvalue weighted by atomic mass is 35.5. The molecule has 0 aliphatic carbocycles. The molecule has 0 fully saturated rings. The van der Waals surface area contributed by atoms with Gasteiger partial charge in [0.05, 0.1) is 0 Å². The average molecular weight is 179 g/mol. The van der Waals surface area contributed by atoms with Crippen molar-refractivity contribution in [2.45, 2.75) is 44.4 Å². The number of unbranched alkanes of at least 4 members (excludes halogenated alkanes) is 1. The summed E-state index contributed by atoms with van der Waals surface area (Å²) in [5, 5.41) is 8.53. The maximum Gasteiger partial charge on any atom is 0.303 e. The molecule has 0 bridgehead atoms. The average Bonchev–Trinajstić information content (AvgIpc) is 1.97. The lowest BCUT2D eigenvalue weighted by Crippen LogP contribution is -1.98. The molecule has 0 aromatic carbocycles. The molecule has 1 atom stereocenters. The zero-order valence-electron chi connectivity index (χ0n) is 6.85. The summed E-state index contributed by atoms with van der Waals surface area (Å²) < 4.78 is 0. The first-order valence-electron chi connectivity index (χ1n) is 4.02. The molecule has 1 N–H and O–H groups in total. The zero-order valence-corrected chi connectivity index (χ0v) is 7.60. The van der Waals surface area contributed by atoms with Crippen molar-refractivity contribution in [2.24, 2.45) is 0 Å². The molecular weight excluding hydrogens is 164 g/mol. The van der Waals surface area contributed by atoms with Crippen LogP contribution in [0.4, 0.5) is 0 Å². The van der Waals surface area contributed by atoms with Crippen molar-refractivity contribution in [3.8, 4) is 0 Å². The lowest BCUT2D eigenvalue weighted by atomic mass is 10.1. The van der Waals surface area contributed by atoms with Crippen molar-refractivity contribution in [3.63, 3.8) is 0 Å². The van der Waals surface area contributed by atoms with Crippen LogP contribution in [0.1, 0.15) is 39.0 Å². The van der Waals surface area contributed by atoms with Crippen molar-refractivity contribution in [1.29, 1.82) is 0 Å². The zero-order chi connectivity index (χ0) is 8.69. The van der Waals surface area contributed by atoms with Gasteiger partial charge in [-0.3, -0.25) is 4.79 Å². The summed E-state index contributed by atoms with van der Waals surface area (Å²) in [4.78, 5) is 10.1. The molecule has 3 heteroatoms. The molecule has 2 nitrogen and oxygen atoms in total. The first kappa shape index (κ1) is 10.8. The molecule has 11 heavy (non-hydrogen) atoms. The molecule has 0 rings (SSSR count). The Morgan fingerprint density at radius 3 is 2.64 bits per heavy atom. The van der Waals surface area contributed by atoms with E-state index in [1.807, 2.05) is 6.92 Å². The number of alkyl halides is 1. The first-order valence-corrected chi connectivity index (χ1v) is 4.46. The number of hydrogen-bond donors (Lipinski definition) is 1. The summed E-state index contributed by atoms with van der Waals surface area (Å²) in [7, 11) is 0. The van der Waals surface area contributed by atoms with Gasteiger partial charge in [-0.15, -0.1) is 11.6 Å². The van der Waals surface area contributed by atoms with E-state index in [9.17, 15) is 4.79 Å². The largest absolute Gasteiger partial charge is 0.481 e. The number of carboxylic acids is 1. The quantitative estimate of drug-likeness (QED) is 0.502. The Hall–Kier alpha value is -0.240. The van der Waals surface area contributed by atoms with Crippen LogP contribution in [-0.4, -0.2) is 16.5 Å². The van der Waals surface area contributed by atoms with Gasteiger partial charge in [0.2, 0.25) is 0 Å². The molecule has 0 amide bonds. The van der Waals surface area contributed by atoms with Crippen molar-refractivity contribution in [3.05, 3.63) is 0 Å². The molecule has 0 aromatic heterocycles. The number of rotatable bonds is 6. The van der Waals surface area contributed by atoms with Gasteiger partial charge in [-0.1, -0.05) is 13.3 Å². The standard InChI is InChI=1S/C8H15ClO2/c1-2-7(9)5-3-4-6-8(10)11/h7H,2-6H2,1H3,(H,10,11). The molecule has 0 heterocycles. The van der Waals surface area contributed by atoms with Crippen LogP contribution in [0.2, 0.25) is 0 Å². The fourth-order valence-corrected chi connectivity index (χ4v) is 1.00. The van der Waals surface area contributed by atoms with Crippen LogP contribution in [0, 0.1) is 0 Å². The maximum absolute atomic E-state index is 10.1. The molecule has 66 valence electrons. The van der Waals surface area contributed by atoms with Crippen molar-refractivity contribution in [2.75, 3.05) is 0 Å². The Kier molecular flexibility index (Phi) is 6.33. The minimum Gasteiger partial charge on any atom is -0.481 e. The van der Waals surface area contributed by atoms with Crippen LogP contribution in [0.25, 0.3) is 0 Å². The van der Waals surface area contributed by atoms with Gasteiger partial charge in [0.25, 0.3) is 0 Å². The fourth-order valence-electron chi connectivity index (χ4n) is 0.846. The smallest absolute Gasteiger partial charge is 0.303 e. The molecule has 0 radical (unpaired) electrons. The Labute approximate surface area is 72.6 Å². The monoisotopic (exact) mass is 178 g/mol. The molecular formula is C8H15ClO2. The van der Waals surface area contributed by atoms with Crippen LogP contribution in [0.5, 0.6) is 0 Å². The van der Waals surface area contributed by atoms with E-state index in [2.05, 4.69) is 0 Å². The summed E-state index contributed by atoms with van der Waals surface area (Å²) in [6.45, 7) is 2.04. The Bertz CT molecular complexity index is 115. The molecule has 0 saturated carbocycles. The predicted molar refractivity (Wildman–Crippen MR) is 46.0 cm³/mol. The van der Waals surface area contributed by atoms with Crippen LogP contribution < -0.4 is 0 Å². The highest BCUT2D eigenvalue weighted by molar-refractivity contribution is 6.20. The number of hydrogen-bond acceptors (Lipinski definition) is 1. The number of carbonyl (C=O) groups is 1. The van der Waals surface area contributed by atoms with Gasteiger partial charge in [0, 0.05) is 11.8 Å². The minimum atomic E-state index is -0.715. The van der Waals surface area contributed by atoms with E-state index in [1.165, 1.54) is 0 Å². The Morgan fingerprint density at radius 1 is 1.55 bits per heavy atom. The van der Waals surface area contributed by atoms with Gasteiger partial charge < -0.3 is 5.11 Å². The third-order valence-corrected chi connectivity index (χ3v) is 2.13. The van der Waals surface area contributed by atoms with Gasteiger partial charge in [-0.2, -0.15) is 0 Å². The van der Waals surface area contributed by atoms with E-state index in [4.69, 9.17) is 16.7 Å². The third-order valence-electron chi connectivity index (χ3n) is 1.60. The first-order chi connectivity index (χ1) is 5.16. The summed E-state index contributed by atoms with van der Waals surface area (Å²) in [5.41, 5.74) is 0. The van der Waals surface area contributed by atoms with Crippen molar-refractivity contribution >= 4 is 17.6 Å². The van der Waals surface area contributed by atoms with E-state index in [-0.39, 0.29) is 11.8 Å². The Morgan fingerprint density at radius 2 is 2.18 bits per heavy atom. The van der Waals surface area contributed by atoms with E-state index >= 15 is 0 Å².